The molecule has 4 aromatic carbocycles. The normalized spacial score (nSPS) is 12.9. The summed E-state index contributed by atoms with van der Waals surface area (Å²) in [7, 11) is 0. The Bertz CT molecular complexity index is 1350. The molecule has 2 aliphatic rings. The molecule has 0 radical (unpaired) electrons. The van der Waals surface area contributed by atoms with Crippen LogP contribution in [0.5, 0.6) is 0 Å². The molecule has 6 rings (SSSR count). The lowest BCUT2D eigenvalue weighted by atomic mass is 9.87. The fourth-order valence-electron chi connectivity index (χ4n) is 6.86. The van der Waals surface area contributed by atoms with Crippen LogP contribution in [0.15, 0.2) is 60.7 Å². The van der Waals surface area contributed by atoms with Gasteiger partial charge in [0.2, 0.25) is 0 Å². The lowest BCUT2D eigenvalue weighted by molar-refractivity contribution is 0.885. The molecule has 0 spiro atoms. The first-order valence-electron chi connectivity index (χ1n) is 14.2. The summed E-state index contributed by atoms with van der Waals surface area (Å²) in [6, 6.07) is 23.9. The molecule has 0 aliphatic heterocycles. The summed E-state index contributed by atoms with van der Waals surface area (Å²) in [5.41, 5.74) is 21.4. The zero-order valence-corrected chi connectivity index (χ0v) is 22.4. The van der Waals surface area contributed by atoms with Crippen LogP contribution in [0, 0.1) is 0 Å². The van der Waals surface area contributed by atoms with Gasteiger partial charge in [0.05, 0.1) is 0 Å². The smallest absolute Gasteiger partial charge is 0.00105 e. The molecule has 0 heteroatoms. The van der Waals surface area contributed by atoms with E-state index in [1.807, 2.05) is 0 Å². The first-order valence-corrected chi connectivity index (χ1v) is 14.2. The Morgan fingerprint density at radius 3 is 1.28 bits per heavy atom. The lowest BCUT2D eigenvalue weighted by Crippen LogP contribution is -2.06. The van der Waals surface area contributed by atoms with Gasteiger partial charge in [0.1, 0.15) is 0 Å². The predicted octanol–water partition coefficient (Wildman–Crippen LogP) is 8.86. The van der Waals surface area contributed by atoms with Crippen molar-refractivity contribution in [3.8, 4) is 22.3 Å². The molecule has 0 saturated carbocycles. The van der Waals surface area contributed by atoms with Gasteiger partial charge in [-0.15, -0.1) is 0 Å². The van der Waals surface area contributed by atoms with Gasteiger partial charge < -0.3 is 0 Å². The fourth-order valence-corrected chi connectivity index (χ4v) is 6.86. The standard InChI is InChI=1S/C36H38/c1-5-23-9-13-31-27(19-23)21-35-29(25(7-3)11-15-33(31)35)17-18-30-26(8-4)12-16-34-32-14-10-24(6-2)20-28(32)22-36(30)34/h9-16,19-20H,5-8,17-18,21-22H2,1-4H3. The van der Waals surface area contributed by atoms with Crippen LogP contribution in [-0.2, 0) is 51.4 Å². The molecule has 0 unspecified atom stereocenters. The molecule has 0 nitrogen and oxygen atoms in total. The van der Waals surface area contributed by atoms with Gasteiger partial charge in [-0.3, -0.25) is 0 Å². The van der Waals surface area contributed by atoms with E-state index >= 15 is 0 Å². The largest absolute Gasteiger partial charge is 0.0613 e. The highest BCUT2D eigenvalue weighted by Gasteiger charge is 2.25. The highest BCUT2D eigenvalue weighted by atomic mass is 14.3. The van der Waals surface area contributed by atoms with Crippen LogP contribution in [0.2, 0.25) is 0 Å². The number of rotatable bonds is 7. The average Bonchev–Trinajstić information content (AvgIpc) is 3.48. The topological polar surface area (TPSA) is 0 Å². The van der Waals surface area contributed by atoms with Gasteiger partial charge in [0, 0.05) is 0 Å². The van der Waals surface area contributed by atoms with Gasteiger partial charge in [-0.1, -0.05) is 88.4 Å². The molecule has 182 valence electrons. The highest BCUT2D eigenvalue weighted by Crippen LogP contribution is 2.43. The van der Waals surface area contributed by atoms with Crippen LogP contribution in [-0.4, -0.2) is 0 Å². The number of aryl methyl sites for hydroxylation is 4. The Hall–Kier alpha value is -3.12. The summed E-state index contributed by atoms with van der Waals surface area (Å²) in [4.78, 5) is 0. The molecule has 0 heterocycles. The fraction of sp³-hybridized carbons (Fsp3) is 0.333. The predicted molar refractivity (Wildman–Crippen MR) is 154 cm³/mol. The van der Waals surface area contributed by atoms with Crippen LogP contribution in [0.3, 0.4) is 0 Å². The molecule has 2 aliphatic carbocycles. The van der Waals surface area contributed by atoms with Gasteiger partial charge in [-0.05, 0) is 129 Å². The monoisotopic (exact) mass is 470 g/mol. The molecule has 0 atom stereocenters. The van der Waals surface area contributed by atoms with Crippen molar-refractivity contribution in [2.24, 2.45) is 0 Å². The van der Waals surface area contributed by atoms with Crippen molar-refractivity contribution in [3.05, 3.63) is 116 Å². The van der Waals surface area contributed by atoms with Crippen molar-refractivity contribution in [2.45, 2.75) is 79.1 Å². The molecule has 0 fully saturated rings. The van der Waals surface area contributed by atoms with E-state index in [0.717, 1.165) is 51.4 Å². The van der Waals surface area contributed by atoms with Crippen LogP contribution < -0.4 is 0 Å². The molecule has 4 aromatic rings. The van der Waals surface area contributed by atoms with E-state index in [9.17, 15) is 0 Å². The van der Waals surface area contributed by atoms with Crippen LogP contribution in [0.1, 0.15) is 83.3 Å². The summed E-state index contributed by atoms with van der Waals surface area (Å²) >= 11 is 0. The van der Waals surface area contributed by atoms with Gasteiger partial charge in [-0.25, -0.2) is 0 Å². The Kier molecular flexibility index (Phi) is 6.08. The van der Waals surface area contributed by atoms with E-state index in [1.165, 1.54) is 44.5 Å². The second-order valence-electron chi connectivity index (χ2n) is 10.7. The quantitative estimate of drug-likeness (QED) is 0.218. The molecule has 0 bridgehead atoms. The molecule has 0 saturated heterocycles. The molecule has 36 heavy (non-hydrogen) atoms. The summed E-state index contributed by atoms with van der Waals surface area (Å²) in [6.45, 7) is 9.16. The molecule has 0 amide bonds. The number of hydrogen-bond donors (Lipinski definition) is 0. The van der Waals surface area contributed by atoms with Crippen molar-refractivity contribution in [1.82, 2.24) is 0 Å². The Balaban J connectivity index is 1.37. The SMILES string of the molecule is CCc1ccc2c(c1)Cc1c-2ccc(CC)c1CCc1c(CC)ccc2c1Cc1cc(CC)ccc1-2. The first-order chi connectivity index (χ1) is 17.6. The number of benzene rings is 4. The summed E-state index contributed by atoms with van der Waals surface area (Å²) in [5.74, 6) is 0. The summed E-state index contributed by atoms with van der Waals surface area (Å²) in [6.07, 6.45) is 8.91. The Morgan fingerprint density at radius 2 is 0.889 bits per heavy atom. The minimum Gasteiger partial charge on any atom is -0.0613 e. The van der Waals surface area contributed by atoms with Crippen molar-refractivity contribution in [3.63, 3.8) is 0 Å². The Morgan fingerprint density at radius 1 is 0.472 bits per heavy atom. The Labute approximate surface area is 217 Å². The second kappa shape index (κ2) is 9.40. The maximum Gasteiger partial charge on any atom is -0.00105 e. The lowest BCUT2D eigenvalue weighted by Gasteiger charge is -2.18. The van der Waals surface area contributed by atoms with Gasteiger partial charge in [0.25, 0.3) is 0 Å². The van der Waals surface area contributed by atoms with Crippen LogP contribution in [0.4, 0.5) is 0 Å². The van der Waals surface area contributed by atoms with E-state index in [1.54, 1.807) is 33.4 Å². The summed E-state index contributed by atoms with van der Waals surface area (Å²) in [5, 5.41) is 0. The second-order valence-corrected chi connectivity index (χ2v) is 10.7. The maximum absolute atomic E-state index is 2.45. The third kappa shape index (κ3) is 3.74. The maximum atomic E-state index is 2.45. The van der Waals surface area contributed by atoms with Gasteiger partial charge in [0.15, 0.2) is 0 Å². The van der Waals surface area contributed by atoms with E-state index in [4.69, 9.17) is 0 Å². The zero-order chi connectivity index (χ0) is 24.8. The third-order valence-electron chi connectivity index (χ3n) is 8.91. The zero-order valence-electron chi connectivity index (χ0n) is 22.4. The molecular weight excluding hydrogens is 432 g/mol. The third-order valence-corrected chi connectivity index (χ3v) is 8.91. The minimum absolute atomic E-state index is 1.10. The van der Waals surface area contributed by atoms with E-state index in [0.29, 0.717) is 0 Å². The van der Waals surface area contributed by atoms with Gasteiger partial charge >= 0.3 is 0 Å². The van der Waals surface area contributed by atoms with Gasteiger partial charge in [-0.2, -0.15) is 0 Å². The number of hydrogen-bond acceptors (Lipinski definition) is 0. The van der Waals surface area contributed by atoms with E-state index in [2.05, 4.69) is 88.4 Å². The van der Waals surface area contributed by atoms with Crippen LogP contribution >= 0.6 is 0 Å². The van der Waals surface area contributed by atoms with Crippen molar-refractivity contribution in [2.75, 3.05) is 0 Å². The minimum atomic E-state index is 1.10. The summed E-state index contributed by atoms with van der Waals surface area (Å²) < 4.78 is 0. The molecule has 0 aromatic heterocycles. The van der Waals surface area contributed by atoms with Crippen LogP contribution in [0.25, 0.3) is 22.3 Å². The van der Waals surface area contributed by atoms with Crippen molar-refractivity contribution < 1.29 is 0 Å². The molecule has 0 N–H and O–H groups in total. The average molecular weight is 471 g/mol. The number of fused-ring (bicyclic) bond motifs is 6. The van der Waals surface area contributed by atoms with E-state index < -0.39 is 0 Å². The first kappa shape index (κ1) is 23.3. The van der Waals surface area contributed by atoms with E-state index in [-0.39, 0.29) is 0 Å². The van der Waals surface area contributed by atoms with Crippen molar-refractivity contribution >= 4 is 0 Å². The molecular formula is C36H38. The van der Waals surface area contributed by atoms with Crippen molar-refractivity contribution in [1.29, 1.82) is 0 Å². The highest BCUT2D eigenvalue weighted by molar-refractivity contribution is 5.80.